The van der Waals surface area contributed by atoms with Crippen molar-refractivity contribution in [2.24, 2.45) is 0 Å². The number of benzene rings is 2. The first kappa shape index (κ1) is 13.1. The van der Waals surface area contributed by atoms with Gasteiger partial charge in [0.25, 0.3) is 0 Å². The van der Waals surface area contributed by atoms with Crippen molar-refractivity contribution in [3.05, 3.63) is 59.2 Å². The highest BCUT2D eigenvalue weighted by Gasteiger charge is 2.10. The van der Waals surface area contributed by atoms with E-state index in [-0.39, 0.29) is 6.61 Å². The summed E-state index contributed by atoms with van der Waals surface area (Å²) >= 11 is 0. The van der Waals surface area contributed by atoms with E-state index < -0.39 is 0 Å². The number of hydrogen-bond acceptors (Lipinski definition) is 3. The van der Waals surface area contributed by atoms with Crippen LogP contribution in [0.2, 0.25) is 0 Å². The topological polar surface area (TPSA) is 53.2 Å². The molecule has 0 aliphatic heterocycles. The average molecular weight is 253 g/mol. The van der Waals surface area contributed by atoms with Crippen molar-refractivity contribution in [1.29, 1.82) is 5.26 Å². The van der Waals surface area contributed by atoms with Crippen LogP contribution in [-0.4, -0.2) is 11.7 Å². The van der Waals surface area contributed by atoms with Crippen LogP contribution < -0.4 is 4.74 Å². The normalized spacial score (nSPS) is 9.95. The SMILES string of the molecule is Cc1cccc(C#N)c1Oc1ccccc1CCO. The molecule has 0 amide bonds. The van der Waals surface area contributed by atoms with Crippen LogP contribution in [0.5, 0.6) is 11.5 Å². The Morgan fingerprint density at radius 3 is 2.68 bits per heavy atom. The highest BCUT2D eigenvalue weighted by molar-refractivity contribution is 5.50. The number of hydrogen-bond donors (Lipinski definition) is 1. The summed E-state index contributed by atoms with van der Waals surface area (Å²) in [5.74, 6) is 1.26. The van der Waals surface area contributed by atoms with E-state index in [1.165, 1.54) is 0 Å². The van der Waals surface area contributed by atoms with Crippen molar-refractivity contribution >= 4 is 0 Å². The van der Waals surface area contributed by atoms with Gasteiger partial charge in [0.2, 0.25) is 0 Å². The number of aryl methyl sites for hydroxylation is 1. The van der Waals surface area contributed by atoms with Crippen LogP contribution in [0.25, 0.3) is 0 Å². The molecular weight excluding hydrogens is 238 g/mol. The van der Waals surface area contributed by atoms with Crippen LogP contribution in [0.15, 0.2) is 42.5 Å². The second-order valence-electron chi connectivity index (χ2n) is 4.25. The standard InChI is InChI=1S/C16H15NO2/c1-12-5-4-7-14(11-17)16(12)19-15-8-3-2-6-13(15)9-10-18/h2-8,18H,9-10H2,1H3. The number of nitriles is 1. The van der Waals surface area contributed by atoms with Gasteiger partial charge in [0, 0.05) is 6.61 Å². The smallest absolute Gasteiger partial charge is 0.148 e. The average Bonchev–Trinajstić information content (AvgIpc) is 2.43. The Kier molecular flexibility index (Phi) is 4.17. The Labute approximate surface area is 112 Å². The Morgan fingerprint density at radius 2 is 1.95 bits per heavy atom. The summed E-state index contributed by atoms with van der Waals surface area (Å²) in [5.41, 5.74) is 2.36. The summed E-state index contributed by atoms with van der Waals surface area (Å²) in [6.07, 6.45) is 0.532. The van der Waals surface area contributed by atoms with Crippen molar-refractivity contribution in [3.63, 3.8) is 0 Å². The quantitative estimate of drug-likeness (QED) is 0.910. The van der Waals surface area contributed by atoms with E-state index in [1.54, 1.807) is 6.07 Å². The summed E-state index contributed by atoms with van der Waals surface area (Å²) < 4.78 is 5.88. The second kappa shape index (κ2) is 6.03. The van der Waals surface area contributed by atoms with Gasteiger partial charge in [-0.3, -0.25) is 0 Å². The minimum absolute atomic E-state index is 0.0687. The first-order valence-corrected chi connectivity index (χ1v) is 6.12. The molecule has 96 valence electrons. The molecule has 0 heterocycles. The van der Waals surface area contributed by atoms with Gasteiger partial charge in [0.05, 0.1) is 5.56 Å². The summed E-state index contributed by atoms with van der Waals surface area (Å²) in [4.78, 5) is 0. The fourth-order valence-electron chi connectivity index (χ4n) is 1.92. The fourth-order valence-corrected chi connectivity index (χ4v) is 1.92. The predicted octanol–water partition coefficient (Wildman–Crippen LogP) is 3.19. The molecular formula is C16H15NO2. The Bertz CT molecular complexity index is 614. The second-order valence-corrected chi connectivity index (χ2v) is 4.25. The maximum absolute atomic E-state index is 9.12. The highest BCUT2D eigenvalue weighted by Crippen LogP contribution is 2.30. The molecule has 19 heavy (non-hydrogen) atoms. The first-order chi connectivity index (χ1) is 9.26. The minimum Gasteiger partial charge on any atom is -0.455 e. The van der Waals surface area contributed by atoms with E-state index in [0.717, 1.165) is 11.1 Å². The monoisotopic (exact) mass is 253 g/mol. The molecule has 2 rings (SSSR count). The largest absolute Gasteiger partial charge is 0.455 e. The molecule has 0 unspecified atom stereocenters. The van der Waals surface area contributed by atoms with Crippen LogP contribution in [0.4, 0.5) is 0 Å². The Morgan fingerprint density at radius 1 is 1.16 bits per heavy atom. The molecule has 0 saturated carbocycles. The van der Waals surface area contributed by atoms with Crippen LogP contribution in [-0.2, 0) is 6.42 Å². The van der Waals surface area contributed by atoms with Crippen LogP contribution >= 0.6 is 0 Å². The van der Waals surface area contributed by atoms with E-state index in [0.29, 0.717) is 23.5 Å². The number of para-hydroxylation sites is 2. The van der Waals surface area contributed by atoms with Crippen molar-refractivity contribution in [2.45, 2.75) is 13.3 Å². The summed E-state index contributed by atoms with van der Waals surface area (Å²) in [5, 5.41) is 18.2. The molecule has 0 aliphatic carbocycles. The molecule has 3 heteroatoms. The van der Waals surface area contributed by atoms with Crippen LogP contribution in [0.3, 0.4) is 0 Å². The van der Waals surface area contributed by atoms with Gasteiger partial charge in [-0.25, -0.2) is 0 Å². The zero-order valence-electron chi connectivity index (χ0n) is 10.8. The number of aliphatic hydroxyl groups excluding tert-OH is 1. The van der Waals surface area contributed by atoms with E-state index in [1.807, 2.05) is 43.3 Å². The van der Waals surface area contributed by atoms with E-state index >= 15 is 0 Å². The number of nitrogens with zero attached hydrogens (tertiary/aromatic N) is 1. The molecule has 0 atom stereocenters. The Balaban J connectivity index is 2.39. The van der Waals surface area contributed by atoms with E-state index in [2.05, 4.69) is 6.07 Å². The molecule has 3 nitrogen and oxygen atoms in total. The predicted molar refractivity (Wildman–Crippen MR) is 73.2 cm³/mol. The summed E-state index contributed by atoms with van der Waals surface area (Å²) in [6.45, 7) is 1.98. The van der Waals surface area contributed by atoms with Gasteiger partial charge >= 0.3 is 0 Å². The molecule has 0 aromatic heterocycles. The maximum atomic E-state index is 9.12. The lowest BCUT2D eigenvalue weighted by Gasteiger charge is -2.13. The van der Waals surface area contributed by atoms with E-state index in [9.17, 15) is 0 Å². The molecule has 0 spiro atoms. The molecule has 0 saturated heterocycles. The van der Waals surface area contributed by atoms with Gasteiger partial charge < -0.3 is 9.84 Å². The molecule has 2 aromatic carbocycles. The molecule has 0 radical (unpaired) electrons. The fraction of sp³-hybridized carbons (Fsp3) is 0.188. The third-order valence-corrected chi connectivity index (χ3v) is 2.90. The lowest BCUT2D eigenvalue weighted by Crippen LogP contribution is -1.97. The zero-order chi connectivity index (χ0) is 13.7. The minimum atomic E-state index is 0.0687. The zero-order valence-corrected chi connectivity index (χ0v) is 10.8. The third kappa shape index (κ3) is 2.93. The molecule has 0 bridgehead atoms. The van der Waals surface area contributed by atoms with Gasteiger partial charge in [-0.05, 0) is 36.6 Å². The molecule has 0 fully saturated rings. The summed E-state index contributed by atoms with van der Waals surface area (Å²) in [6, 6.07) is 15.1. The number of aliphatic hydroxyl groups is 1. The van der Waals surface area contributed by atoms with Crippen LogP contribution in [0.1, 0.15) is 16.7 Å². The van der Waals surface area contributed by atoms with Gasteiger partial charge in [-0.15, -0.1) is 0 Å². The summed E-state index contributed by atoms with van der Waals surface area (Å²) in [7, 11) is 0. The van der Waals surface area contributed by atoms with Crippen molar-refractivity contribution in [2.75, 3.05) is 6.61 Å². The van der Waals surface area contributed by atoms with Gasteiger partial charge in [0.1, 0.15) is 17.6 Å². The van der Waals surface area contributed by atoms with Crippen molar-refractivity contribution < 1.29 is 9.84 Å². The van der Waals surface area contributed by atoms with Crippen LogP contribution in [0, 0.1) is 18.3 Å². The van der Waals surface area contributed by atoms with Crippen molar-refractivity contribution in [3.8, 4) is 17.6 Å². The van der Waals surface area contributed by atoms with Crippen molar-refractivity contribution in [1.82, 2.24) is 0 Å². The third-order valence-electron chi connectivity index (χ3n) is 2.90. The maximum Gasteiger partial charge on any atom is 0.148 e. The first-order valence-electron chi connectivity index (χ1n) is 6.12. The number of rotatable bonds is 4. The molecule has 1 N–H and O–H groups in total. The lowest BCUT2D eigenvalue weighted by molar-refractivity contribution is 0.298. The van der Waals surface area contributed by atoms with Gasteiger partial charge in [-0.2, -0.15) is 5.26 Å². The van der Waals surface area contributed by atoms with Gasteiger partial charge in [0.15, 0.2) is 0 Å². The highest BCUT2D eigenvalue weighted by atomic mass is 16.5. The molecule has 0 aliphatic rings. The number of ether oxygens (including phenoxy) is 1. The lowest BCUT2D eigenvalue weighted by atomic mass is 10.1. The van der Waals surface area contributed by atoms with Gasteiger partial charge in [-0.1, -0.05) is 30.3 Å². The van der Waals surface area contributed by atoms with E-state index in [4.69, 9.17) is 15.1 Å². The Hall–Kier alpha value is -2.31. The molecule has 2 aromatic rings.